The highest BCUT2D eigenvalue weighted by molar-refractivity contribution is 6.18. The molecule has 0 unspecified atom stereocenters. The highest BCUT2D eigenvalue weighted by Crippen LogP contribution is 2.04. The molecule has 0 aliphatic heterocycles. The van der Waals surface area contributed by atoms with Gasteiger partial charge in [-0.15, -0.1) is 11.6 Å². The Bertz CT molecular complexity index is 479. The second kappa shape index (κ2) is 8.17. The van der Waals surface area contributed by atoms with Crippen LogP contribution in [0, 0.1) is 11.3 Å². The molecule has 0 spiro atoms. The van der Waals surface area contributed by atoms with Gasteiger partial charge in [0.05, 0.1) is 0 Å². The molecule has 0 aromatic heterocycles. The monoisotopic (exact) mass is 277 g/mol. The van der Waals surface area contributed by atoms with Crippen LogP contribution < -0.4 is 5.32 Å². The first kappa shape index (κ1) is 15.1. The van der Waals surface area contributed by atoms with Gasteiger partial charge in [0.25, 0.3) is 5.91 Å². The summed E-state index contributed by atoms with van der Waals surface area (Å²) in [5, 5.41) is 11.5. The Morgan fingerprint density at radius 1 is 1.47 bits per heavy atom. The number of rotatable bonds is 6. The molecule has 0 aliphatic rings. The van der Waals surface area contributed by atoms with Crippen LogP contribution in [0.2, 0.25) is 0 Å². The lowest BCUT2D eigenvalue weighted by Crippen LogP contribution is -2.27. The molecule has 100 valence electrons. The molecule has 4 nitrogen and oxygen atoms in total. The molecule has 1 N–H and O–H groups in total. The first-order valence-electron chi connectivity index (χ1n) is 5.87. The molecule has 1 rings (SSSR count). The summed E-state index contributed by atoms with van der Waals surface area (Å²) in [6.45, 7) is 0.983. The summed E-state index contributed by atoms with van der Waals surface area (Å²) >= 11 is 5.48. The van der Waals surface area contributed by atoms with Gasteiger partial charge in [0, 0.05) is 32.2 Å². The predicted molar refractivity (Wildman–Crippen MR) is 75.3 cm³/mol. The van der Waals surface area contributed by atoms with E-state index < -0.39 is 5.91 Å². The second-order valence-corrected chi connectivity index (χ2v) is 4.38. The van der Waals surface area contributed by atoms with E-state index in [1.165, 1.54) is 6.20 Å². The summed E-state index contributed by atoms with van der Waals surface area (Å²) in [4.78, 5) is 13.4. The molecule has 5 heteroatoms. The van der Waals surface area contributed by atoms with E-state index in [0.717, 1.165) is 5.56 Å². The summed E-state index contributed by atoms with van der Waals surface area (Å²) in [7, 11) is 1.82. The number of benzene rings is 1. The standard InChI is InChI=1S/C14H16ClN3O/c1-18(10-12-5-3-2-4-6-12)11-13(9-16)14(19)17-8-7-15/h2-6,11H,7-8,10H2,1H3,(H,17,19)/b13-11-. The number of halogens is 1. The number of nitrogens with zero attached hydrogens (tertiary/aromatic N) is 2. The lowest BCUT2D eigenvalue weighted by Gasteiger charge is -2.14. The molecule has 0 heterocycles. The zero-order chi connectivity index (χ0) is 14.1. The molecule has 0 bridgehead atoms. The molecule has 0 saturated carbocycles. The SMILES string of the molecule is CN(/C=C(/C#N)C(=O)NCCCl)Cc1ccccc1. The Hall–Kier alpha value is -1.99. The van der Waals surface area contributed by atoms with Crippen molar-refractivity contribution in [2.75, 3.05) is 19.5 Å². The zero-order valence-corrected chi connectivity index (χ0v) is 11.5. The van der Waals surface area contributed by atoms with Crippen molar-refractivity contribution >= 4 is 17.5 Å². The smallest absolute Gasteiger partial charge is 0.263 e. The third-order valence-corrected chi connectivity index (χ3v) is 2.56. The third kappa shape index (κ3) is 5.45. The van der Waals surface area contributed by atoms with E-state index in [2.05, 4.69) is 5.32 Å². The fourth-order valence-corrected chi connectivity index (χ4v) is 1.63. The van der Waals surface area contributed by atoms with Crippen molar-refractivity contribution in [3.05, 3.63) is 47.7 Å². The molecule has 0 atom stereocenters. The average molecular weight is 278 g/mol. The first-order chi connectivity index (χ1) is 9.17. The summed E-state index contributed by atoms with van der Waals surface area (Å²) in [6, 6.07) is 11.7. The highest BCUT2D eigenvalue weighted by atomic mass is 35.5. The molecule has 1 amide bonds. The van der Waals surface area contributed by atoms with Crippen LogP contribution in [-0.4, -0.2) is 30.3 Å². The number of hydrogen-bond acceptors (Lipinski definition) is 3. The number of alkyl halides is 1. The summed E-state index contributed by atoms with van der Waals surface area (Å²) < 4.78 is 0. The van der Waals surface area contributed by atoms with Crippen molar-refractivity contribution in [3.8, 4) is 6.07 Å². The van der Waals surface area contributed by atoms with Crippen molar-refractivity contribution in [1.29, 1.82) is 5.26 Å². The zero-order valence-electron chi connectivity index (χ0n) is 10.8. The van der Waals surface area contributed by atoms with Crippen LogP contribution in [0.3, 0.4) is 0 Å². The van der Waals surface area contributed by atoms with Crippen LogP contribution in [0.15, 0.2) is 42.1 Å². The van der Waals surface area contributed by atoms with Crippen molar-refractivity contribution in [2.45, 2.75) is 6.54 Å². The van der Waals surface area contributed by atoms with Crippen LogP contribution in [0.1, 0.15) is 5.56 Å². The van der Waals surface area contributed by atoms with Gasteiger partial charge in [-0.2, -0.15) is 5.26 Å². The van der Waals surface area contributed by atoms with Gasteiger partial charge in [0.1, 0.15) is 11.6 Å². The molecule has 0 radical (unpaired) electrons. The first-order valence-corrected chi connectivity index (χ1v) is 6.41. The minimum Gasteiger partial charge on any atom is -0.375 e. The van der Waals surface area contributed by atoms with E-state index in [1.54, 1.807) is 4.90 Å². The average Bonchev–Trinajstić information content (AvgIpc) is 2.43. The Morgan fingerprint density at radius 3 is 2.74 bits per heavy atom. The van der Waals surface area contributed by atoms with Crippen LogP contribution in [0.25, 0.3) is 0 Å². The molecule has 1 aromatic carbocycles. The molecular formula is C14H16ClN3O. The number of hydrogen-bond donors (Lipinski definition) is 1. The minimum atomic E-state index is -0.400. The molecule has 0 fully saturated rings. The van der Waals surface area contributed by atoms with Gasteiger partial charge in [-0.1, -0.05) is 30.3 Å². The lowest BCUT2D eigenvalue weighted by molar-refractivity contribution is -0.117. The second-order valence-electron chi connectivity index (χ2n) is 4.00. The Labute approximate surface area is 118 Å². The van der Waals surface area contributed by atoms with Crippen LogP contribution >= 0.6 is 11.6 Å². The van der Waals surface area contributed by atoms with Gasteiger partial charge in [0.15, 0.2) is 0 Å². The fraction of sp³-hybridized carbons (Fsp3) is 0.286. The molecule has 0 saturated heterocycles. The van der Waals surface area contributed by atoms with Crippen LogP contribution in [0.4, 0.5) is 0 Å². The van der Waals surface area contributed by atoms with Crippen molar-refractivity contribution in [2.24, 2.45) is 0 Å². The molecule has 1 aromatic rings. The normalized spacial score (nSPS) is 10.7. The predicted octanol–water partition coefficient (Wildman–Crippen LogP) is 1.88. The number of nitriles is 1. The molecular weight excluding hydrogens is 262 g/mol. The maximum atomic E-state index is 11.6. The number of carbonyl (C=O) groups is 1. The van der Waals surface area contributed by atoms with Gasteiger partial charge in [-0.25, -0.2) is 0 Å². The van der Waals surface area contributed by atoms with Gasteiger partial charge >= 0.3 is 0 Å². The Kier molecular flexibility index (Phi) is 6.48. The van der Waals surface area contributed by atoms with Crippen molar-refractivity contribution < 1.29 is 4.79 Å². The Morgan fingerprint density at radius 2 is 2.16 bits per heavy atom. The van der Waals surface area contributed by atoms with Gasteiger partial charge in [0.2, 0.25) is 0 Å². The number of carbonyl (C=O) groups excluding carboxylic acids is 1. The topological polar surface area (TPSA) is 56.1 Å². The van der Waals surface area contributed by atoms with Gasteiger partial charge in [-0.05, 0) is 5.56 Å². The number of amides is 1. The molecule has 0 aliphatic carbocycles. The van der Waals surface area contributed by atoms with Crippen molar-refractivity contribution in [1.82, 2.24) is 10.2 Å². The number of nitrogens with one attached hydrogen (secondary N) is 1. The Balaban J connectivity index is 2.65. The van der Waals surface area contributed by atoms with Gasteiger partial charge < -0.3 is 10.2 Å². The maximum Gasteiger partial charge on any atom is 0.263 e. The quantitative estimate of drug-likeness (QED) is 0.491. The van der Waals surface area contributed by atoms with Gasteiger partial charge in [-0.3, -0.25) is 4.79 Å². The largest absolute Gasteiger partial charge is 0.375 e. The van der Waals surface area contributed by atoms with Crippen LogP contribution in [-0.2, 0) is 11.3 Å². The van der Waals surface area contributed by atoms with E-state index in [4.69, 9.17) is 16.9 Å². The van der Waals surface area contributed by atoms with E-state index >= 15 is 0 Å². The maximum absolute atomic E-state index is 11.6. The lowest BCUT2D eigenvalue weighted by atomic mass is 10.2. The van der Waals surface area contributed by atoms with E-state index in [1.807, 2.05) is 43.4 Å². The third-order valence-electron chi connectivity index (χ3n) is 2.37. The van der Waals surface area contributed by atoms with E-state index in [0.29, 0.717) is 19.0 Å². The summed E-state index contributed by atoms with van der Waals surface area (Å²) in [6.07, 6.45) is 1.54. The molecule has 19 heavy (non-hydrogen) atoms. The van der Waals surface area contributed by atoms with E-state index in [9.17, 15) is 4.79 Å². The summed E-state index contributed by atoms with van der Waals surface area (Å²) in [5.74, 6) is -0.0762. The fourth-order valence-electron chi connectivity index (χ4n) is 1.53. The van der Waals surface area contributed by atoms with E-state index in [-0.39, 0.29) is 5.57 Å². The van der Waals surface area contributed by atoms with Crippen LogP contribution in [0.5, 0.6) is 0 Å². The summed E-state index contributed by atoms with van der Waals surface area (Å²) in [5.41, 5.74) is 1.18. The van der Waals surface area contributed by atoms with Crippen molar-refractivity contribution in [3.63, 3.8) is 0 Å². The minimum absolute atomic E-state index is 0.0727. The highest BCUT2D eigenvalue weighted by Gasteiger charge is 2.09.